The first-order valence-corrected chi connectivity index (χ1v) is 8.24. The first kappa shape index (κ1) is 16.0. The van der Waals surface area contributed by atoms with Crippen LogP contribution in [0.15, 0.2) is 17.5 Å². The molecule has 0 aliphatic heterocycles. The molecule has 1 aromatic rings. The minimum atomic E-state index is -0.537. The monoisotopic (exact) mass is 309 g/mol. The Hall–Kier alpha value is -1.40. The highest BCUT2D eigenvalue weighted by Gasteiger charge is 2.23. The molecule has 1 aliphatic carbocycles. The minimum Gasteiger partial charge on any atom is -0.346 e. The van der Waals surface area contributed by atoms with Gasteiger partial charge in [0.15, 0.2) is 0 Å². The summed E-state index contributed by atoms with van der Waals surface area (Å²) in [5.74, 6) is -1.05. The number of thiophene rings is 1. The van der Waals surface area contributed by atoms with Gasteiger partial charge in [-0.3, -0.25) is 9.59 Å². The number of rotatable bonds is 5. The van der Waals surface area contributed by atoms with E-state index in [1.54, 1.807) is 11.3 Å². The molecule has 1 atom stereocenters. The van der Waals surface area contributed by atoms with Crippen LogP contribution >= 0.6 is 11.3 Å². The maximum atomic E-state index is 11.9. The Balaban J connectivity index is 1.82. The number of carbonyl (C=O) groups excluding carboxylic acids is 2. The number of likely N-dealkylation sites (N-methyl/N-ethyl adjacent to an activating group) is 1. The van der Waals surface area contributed by atoms with Crippen molar-refractivity contribution in [2.24, 2.45) is 0 Å². The Morgan fingerprint density at radius 3 is 2.62 bits per heavy atom. The number of nitrogens with zero attached hydrogens (tertiary/aromatic N) is 1. The normalized spacial score (nSPS) is 16.9. The van der Waals surface area contributed by atoms with Crippen LogP contribution in [0.3, 0.4) is 0 Å². The van der Waals surface area contributed by atoms with Gasteiger partial charge in [-0.1, -0.05) is 18.9 Å². The first-order chi connectivity index (χ1) is 10.1. The van der Waals surface area contributed by atoms with Gasteiger partial charge >= 0.3 is 11.8 Å². The van der Waals surface area contributed by atoms with Gasteiger partial charge in [-0.15, -0.1) is 11.3 Å². The van der Waals surface area contributed by atoms with Crippen LogP contribution in [0.4, 0.5) is 0 Å². The van der Waals surface area contributed by atoms with E-state index in [0.717, 1.165) is 25.7 Å². The van der Waals surface area contributed by atoms with Crippen LogP contribution in [0.2, 0.25) is 0 Å². The molecule has 2 rings (SSSR count). The molecule has 5 nitrogen and oxygen atoms in total. The lowest BCUT2D eigenvalue weighted by Crippen LogP contribution is -2.45. The average molecular weight is 309 g/mol. The zero-order valence-electron chi connectivity index (χ0n) is 12.6. The molecule has 0 bridgehead atoms. The standard InChI is InChI=1S/C15H23N3O2S/c1-18(2)12(13-8-5-9-21-13)10-16-14(19)15(20)17-11-6-3-4-7-11/h5,8-9,11-12H,3-4,6-7,10H2,1-2H3,(H,16,19)(H,17,20)/t12-/m1/s1. The zero-order valence-corrected chi connectivity index (χ0v) is 13.4. The van der Waals surface area contributed by atoms with Gasteiger partial charge in [0, 0.05) is 17.5 Å². The minimum absolute atomic E-state index is 0.0910. The highest BCUT2D eigenvalue weighted by atomic mass is 32.1. The summed E-state index contributed by atoms with van der Waals surface area (Å²) >= 11 is 1.65. The molecule has 0 aromatic carbocycles. The Morgan fingerprint density at radius 1 is 1.33 bits per heavy atom. The fourth-order valence-corrected chi connectivity index (χ4v) is 3.53. The lowest BCUT2D eigenvalue weighted by molar-refractivity contribution is -0.139. The smallest absolute Gasteiger partial charge is 0.309 e. The zero-order chi connectivity index (χ0) is 15.2. The number of nitrogens with one attached hydrogen (secondary N) is 2. The van der Waals surface area contributed by atoms with Gasteiger partial charge in [-0.2, -0.15) is 0 Å². The number of hydrogen-bond acceptors (Lipinski definition) is 4. The molecule has 0 saturated heterocycles. The summed E-state index contributed by atoms with van der Waals surface area (Å²) in [5.41, 5.74) is 0. The molecule has 1 saturated carbocycles. The van der Waals surface area contributed by atoms with Gasteiger partial charge in [-0.25, -0.2) is 0 Å². The van der Waals surface area contributed by atoms with Crippen molar-refractivity contribution in [3.8, 4) is 0 Å². The van der Waals surface area contributed by atoms with Crippen LogP contribution in [-0.2, 0) is 9.59 Å². The Bertz CT molecular complexity index is 467. The number of carbonyl (C=O) groups is 2. The fourth-order valence-electron chi connectivity index (χ4n) is 2.61. The van der Waals surface area contributed by atoms with Gasteiger partial charge < -0.3 is 15.5 Å². The highest BCUT2D eigenvalue weighted by molar-refractivity contribution is 7.10. The second-order valence-corrected chi connectivity index (χ2v) is 6.64. The summed E-state index contributed by atoms with van der Waals surface area (Å²) in [6.45, 7) is 0.435. The number of amides is 2. The van der Waals surface area contributed by atoms with Crippen LogP contribution in [0, 0.1) is 0 Å². The average Bonchev–Trinajstić information content (AvgIpc) is 3.11. The molecule has 2 N–H and O–H groups in total. The van der Waals surface area contributed by atoms with Crippen molar-refractivity contribution in [1.82, 2.24) is 15.5 Å². The maximum Gasteiger partial charge on any atom is 0.309 e. The van der Waals surface area contributed by atoms with Gasteiger partial charge in [-0.05, 0) is 38.4 Å². The summed E-state index contributed by atoms with van der Waals surface area (Å²) in [6.07, 6.45) is 4.23. The van der Waals surface area contributed by atoms with Gasteiger partial charge in [0.25, 0.3) is 0 Å². The van der Waals surface area contributed by atoms with E-state index in [0.29, 0.717) is 6.54 Å². The molecule has 116 valence electrons. The van der Waals surface area contributed by atoms with E-state index in [-0.39, 0.29) is 12.1 Å². The molecule has 1 heterocycles. The predicted octanol–water partition coefficient (Wildman–Crippen LogP) is 1.53. The quantitative estimate of drug-likeness (QED) is 0.811. The van der Waals surface area contributed by atoms with E-state index in [9.17, 15) is 9.59 Å². The van der Waals surface area contributed by atoms with Crippen molar-refractivity contribution in [3.63, 3.8) is 0 Å². The van der Waals surface area contributed by atoms with Crippen molar-refractivity contribution in [1.29, 1.82) is 0 Å². The molecular weight excluding hydrogens is 286 g/mol. The lowest BCUT2D eigenvalue weighted by Gasteiger charge is -2.23. The van der Waals surface area contributed by atoms with Crippen molar-refractivity contribution in [2.75, 3.05) is 20.6 Å². The SMILES string of the molecule is CN(C)[C@H](CNC(=O)C(=O)NC1CCCC1)c1cccs1. The van der Waals surface area contributed by atoms with Gasteiger partial charge in [0.1, 0.15) is 0 Å². The Morgan fingerprint density at radius 2 is 2.05 bits per heavy atom. The highest BCUT2D eigenvalue weighted by Crippen LogP contribution is 2.22. The molecule has 0 unspecified atom stereocenters. The Kier molecular flexibility index (Phi) is 5.76. The molecule has 0 spiro atoms. The maximum absolute atomic E-state index is 11.9. The Labute approximate surface area is 129 Å². The van der Waals surface area contributed by atoms with Crippen LogP contribution in [-0.4, -0.2) is 43.4 Å². The second-order valence-electron chi connectivity index (χ2n) is 5.66. The molecule has 21 heavy (non-hydrogen) atoms. The summed E-state index contributed by atoms with van der Waals surface area (Å²) in [7, 11) is 3.93. The second kappa shape index (κ2) is 7.56. The lowest BCUT2D eigenvalue weighted by atomic mass is 10.2. The third-order valence-corrected chi connectivity index (χ3v) is 4.82. The molecule has 2 amide bonds. The molecule has 0 radical (unpaired) electrons. The van der Waals surface area contributed by atoms with Crippen LogP contribution < -0.4 is 10.6 Å². The first-order valence-electron chi connectivity index (χ1n) is 7.36. The summed E-state index contributed by atoms with van der Waals surface area (Å²) in [4.78, 5) is 26.9. The molecule has 1 fully saturated rings. The van der Waals surface area contributed by atoms with Gasteiger partial charge in [0.2, 0.25) is 0 Å². The van der Waals surface area contributed by atoms with Gasteiger partial charge in [0.05, 0.1) is 6.04 Å². The van der Waals surface area contributed by atoms with Crippen molar-refractivity contribution in [2.45, 2.75) is 37.8 Å². The summed E-state index contributed by atoms with van der Waals surface area (Å²) in [6, 6.07) is 4.30. The topological polar surface area (TPSA) is 61.4 Å². The van der Waals surface area contributed by atoms with E-state index < -0.39 is 11.8 Å². The van der Waals surface area contributed by atoms with E-state index in [2.05, 4.69) is 10.6 Å². The third kappa shape index (κ3) is 4.54. The third-order valence-electron chi connectivity index (χ3n) is 3.85. The van der Waals surface area contributed by atoms with Crippen molar-refractivity contribution >= 4 is 23.2 Å². The van der Waals surface area contributed by atoms with Crippen molar-refractivity contribution < 1.29 is 9.59 Å². The molecule has 1 aliphatic rings. The van der Waals surface area contributed by atoms with Crippen LogP contribution in [0.1, 0.15) is 36.6 Å². The van der Waals surface area contributed by atoms with E-state index >= 15 is 0 Å². The molecule has 1 aromatic heterocycles. The number of hydrogen-bond donors (Lipinski definition) is 2. The van der Waals surface area contributed by atoms with E-state index in [1.807, 2.05) is 36.5 Å². The van der Waals surface area contributed by atoms with E-state index in [4.69, 9.17) is 0 Å². The molecular formula is C15H23N3O2S. The fraction of sp³-hybridized carbons (Fsp3) is 0.600. The van der Waals surface area contributed by atoms with Crippen LogP contribution in [0.25, 0.3) is 0 Å². The molecule has 6 heteroatoms. The van der Waals surface area contributed by atoms with Crippen molar-refractivity contribution in [3.05, 3.63) is 22.4 Å². The summed E-state index contributed by atoms with van der Waals surface area (Å²) < 4.78 is 0. The van der Waals surface area contributed by atoms with E-state index in [1.165, 1.54) is 4.88 Å². The largest absolute Gasteiger partial charge is 0.346 e. The van der Waals surface area contributed by atoms with Crippen LogP contribution in [0.5, 0.6) is 0 Å². The predicted molar refractivity (Wildman–Crippen MR) is 84.2 cm³/mol. The summed E-state index contributed by atoms with van der Waals surface area (Å²) in [5, 5.41) is 7.56.